The lowest BCUT2D eigenvalue weighted by Crippen LogP contribution is -1.95. The van der Waals surface area contributed by atoms with Gasteiger partial charge in [-0.05, 0) is 70.8 Å². The Morgan fingerprint density at radius 3 is 2.59 bits per heavy atom. The summed E-state index contributed by atoms with van der Waals surface area (Å²) in [4.78, 5) is 7.80. The van der Waals surface area contributed by atoms with Crippen LogP contribution in [0.3, 0.4) is 0 Å². The second-order valence-corrected chi connectivity index (χ2v) is 7.82. The highest BCUT2D eigenvalue weighted by Gasteiger charge is 2.08. The summed E-state index contributed by atoms with van der Waals surface area (Å²) in [6.07, 6.45) is 1.83. The summed E-state index contributed by atoms with van der Waals surface area (Å²) in [5.41, 5.74) is 5.46. The van der Waals surface area contributed by atoms with Crippen LogP contribution >= 0.6 is 0 Å². The number of rotatable bonds is 5. The second kappa shape index (κ2) is 8.41. The molecule has 1 aromatic heterocycles. The van der Waals surface area contributed by atoms with Gasteiger partial charge >= 0.3 is 0 Å². The van der Waals surface area contributed by atoms with E-state index in [0.717, 1.165) is 33.5 Å². The molecule has 32 heavy (non-hydrogen) atoms. The van der Waals surface area contributed by atoms with Crippen molar-refractivity contribution in [3.05, 3.63) is 107 Å². The van der Waals surface area contributed by atoms with Crippen molar-refractivity contribution in [1.29, 1.82) is 5.26 Å². The van der Waals surface area contributed by atoms with Crippen LogP contribution in [0.15, 0.2) is 84.9 Å². The van der Waals surface area contributed by atoms with Crippen LogP contribution in [0.4, 0.5) is 0 Å². The Bertz CT molecular complexity index is 1490. The molecule has 0 unspecified atom stereocenters. The third-order valence-corrected chi connectivity index (χ3v) is 5.42. The van der Waals surface area contributed by atoms with E-state index >= 15 is 0 Å². The monoisotopic (exact) mass is 415 g/mol. The maximum atomic E-state index is 9.66. The van der Waals surface area contributed by atoms with Gasteiger partial charge in [0.25, 0.3) is 0 Å². The van der Waals surface area contributed by atoms with Crippen LogP contribution in [-0.4, -0.2) is 9.97 Å². The molecule has 0 radical (unpaired) electrons. The average Bonchev–Trinajstić information content (AvgIpc) is 3.24. The van der Waals surface area contributed by atoms with Crippen molar-refractivity contribution >= 4 is 33.5 Å². The molecule has 0 saturated carbocycles. The van der Waals surface area contributed by atoms with Gasteiger partial charge in [-0.1, -0.05) is 54.6 Å². The Hall–Kier alpha value is -4.36. The molecule has 154 valence electrons. The van der Waals surface area contributed by atoms with Crippen LogP contribution in [0.25, 0.3) is 33.5 Å². The van der Waals surface area contributed by atoms with Gasteiger partial charge in [-0.25, -0.2) is 4.98 Å². The lowest BCUT2D eigenvalue weighted by atomic mass is 10.1. The molecule has 0 aliphatic rings. The van der Waals surface area contributed by atoms with Crippen molar-refractivity contribution in [1.82, 2.24) is 9.97 Å². The van der Waals surface area contributed by atoms with E-state index < -0.39 is 0 Å². The predicted molar refractivity (Wildman–Crippen MR) is 129 cm³/mol. The maximum Gasteiger partial charge on any atom is 0.149 e. The number of H-pyrrole nitrogens is 1. The van der Waals surface area contributed by atoms with Crippen molar-refractivity contribution in [2.45, 2.75) is 13.5 Å². The highest BCUT2D eigenvalue weighted by molar-refractivity contribution is 5.90. The van der Waals surface area contributed by atoms with Crippen LogP contribution in [0, 0.1) is 18.3 Å². The molecule has 0 aliphatic heterocycles. The SMILES string of the molecule is Cc1ccc2nc(/C(C#N)=C\c3ccc(OCc4ccc5ccccc5c4)cc3)[nH]c2c1. The van der Waals surface area contributed by atoms with E-state index in [9.17, 15) is 5.26 Å². The molecule has 4 heteroatoms. The van der Waals surface area contributed by atoms with E-state index in [1.807, 2.05) is 67.6 Å². The summed E-state index contributed by atoms with van der Waals surface area (Å²) in [6.45, 7) is 2.53. The minimum absolute atomic E-state index is 0.490. The Morgan fingerprint density at radius 2 is 1.78 bits per heavy atom. The number of fused-ring (bicyclic) bond motifs is 2. The molecule has 0 fully saturated rings. The fourth-order valence-electron chi connectivity index (χ4n) is 3.73. The summed E-state index contributed by atoms with van der Waals surface area (Å²) in [5, 5.41) is 12.1. The first kappa shape index (κ1) is 19.6. The third-order valence-electron chi connectivity index (χ3n) is 5.42. The van der Waals surface area contributed by atoms with Gasteiger partial charge in [0.15, 0.2) is 0 Å². The van der Waals surface area contributed by atoms with Crippen molar-refractivity contribution in [3.63, 3.8) is 0 Å². The van der Waals surface area contributed by atoms with E-state index in [0.29, 0.717) is 18.0 Å². The maximum absolute atomic E-state index is 9.66. The predicted octanol–water partition coefficient (Wildman–Crippen LogP) is 6.67. The number of nitrogens with one attached hydrogen (secondary N) is 1. The lowest BCUT2D eigenvalue weighted by Gasteiger charge is -2.08. The third kappa shape index (κ3) is 4.10. The molecule has 0 atom stereocenters. The average molecular weight is 415 g/mol. The van der Waals surface area contributed by atoms with Gasteiger partial charge in [0.05, 0.1) is 16.6 Å². The molecule has 5 rings (SSSR count). The number of nitrogens with zero attached hydrogens (tertiary/aromatic N) is 2. The van der Waals surface area contributed by atoms with Crippen molar-refractivity contribution < 1.29 is 4.74 Å². The van der Waals surface area contributed by atoms with Crippen LogP contribution in [0.5, 0.6) is 5.75 Å². The second-order valence-electron chi connectivity index (χ2n) is 7.82. The lowest BCUT2D eigenvalue weighted by molar-refractivity contribution is 0.306. The van der Waals surface area contributed by atoms with Gasteiger partial charge in [0.1, 0.15) is 24.3 Å². The molecule has 0 bridgehead atoms. The van der Waals surface area contributed by atoms with E-state index in [2.05, 4.69) is 46.4 Å². The summed E-state index contributed by atoms with van der Waals surface area (Å²) < 4.78 is 5.96. The number of aryl methyl sites for hydroxylation is 1. The van der Waals surface area contributed by atoms with Crippen LogP contribution in [-0.2, 0) is 6.61 Å². The molecule has 0 amide bonds. The minimum Gasteiger partial charge on any atom is -0.489 e. The van der Waals surface area contributed by atoms with Crippen molar-refractivity contribution in [2.24, 2.45) is 0 Å². The van der Waals surface area contributed by atoms with E-state index in [4.69, 9.17) is 4.74 Å². The molecular formula is C28H21N3O. The first-order valence-corrected chi connectivity index (χ1v) is 10.5. The highest BCUT2D eigenvalue weighted by atomic mass is 16.5. The van der Waals surface area contributed by atoms with Crippen LogP contribution in [0.2, 0.25) is 0 Å². The molecule has 0 aliphatic carbocycles. The molecule has 1 N–H and O–H groups in total. The summed E-state index contributed by atoms with van der Waals surface area (Å²) in [6, 6.07) is 30.6. The standard InChI is InChI=1S/C28H21N3O/c1-19-6-13-26-27(14-19)31-28(30-26)24(17-29)15-20-8-11-25(12-9-20)32-18-21-7-10-22-4-2-3-5-23(22)16-21/h2-16H,18H2,1H3,(H,30,31)/b24-15-. The molecular weight excluding hydrogens is 394 g/mol. The zero-order chi connectivity index (χ0) is 21.9. The first-order valence-electron chi connectivity index (χ1n) is 10.5. The molecule has 4 nitrogen and oxygen atoms in total. The minimum atomic E-state index is 0.490. The Morgan fingerprint density at radius 1 is 0.969 bits per heavy atom. The van der Waals surface area contributed by atoms with Gasteiger partial charge in [-0.3, -0.25) is 0 Å². The quantitative estimate of drug-likeness (QED) is 0.326. The normalized spacial score (nSPS) is 11.6. The first-order chi connectivity index (χ1) is 15.7. The largest absolute Gasteiger partial charge is 0.489 e. The number of hydrogen-bond donors (Lipinski definition) is 1. The number of nitriles is 1. The topological polar surface area (TPSA) is 61.7 Å². The molecule has 0 spiro atoms. The smallest absolute Gasteiger partial charge is 0.149 e. The van der Waals surface area contributed by atoms with Gasteiger partial charge < -0.3 is 9.72 Å². The van der Waals surface area contributed by atoms with Crippen LogP contribution in [0.1, 0.15) is 22.5 Å². The van der Waals surface area contributed by atoms with Gasteiger partial charge in [-0.2, -0.15) is 5.26 Å². The number of ether oxygens (including phenoxy) is 1. The van der Waals surface area contributed by atoms with Crippen molar-refractivity contribution in [3.8, 4) is 11.8 Å². The fraction of sp³-hybridized carbons (Fsp3) is 0.0714. The van der Waals surface area contributed by atoms with E-state index in [1.54, 1.807) is 0 Å². The zero-order valence-electron chi connectivity index (χ0n) is 17.7. The fourth-order valence-corrected chi connectivity index (χ4v) is 3.73. The number of benzene rings is 4. The van der Waals surface area contributed by atoms with Crippen LogP contribution < -0.4 is 4.74 Å². The molecule has 0 saturated heterocycles. The zero-order valence-corrected chi connectivity index (χ0v) is 17.7. The van der Waals surface area contributed by atoms with Gasteiger partial charge in [-0.15, -0.1) is 0 Å². The van der Waals surface area contributed by atoms with E-state index in [1.165, 1.54) is 10.8 Å². The summed E-state index contributed by atoms with van der Waals surface area (Å²) in [5.74, 6) is 1.36. The molecule has 1 heterocycles. The number of aromatic nitrogens is 2. The van der Waals surface area contributed by atoms with Crippen molar-refractivity contribution in [2.75, 3.05) is 0 Å². The highest BCUT2D eigenvalue weighted by Crippen LogP contribution is 2.22. The Labute approximate surface area is 186 Å². The number of aromatic amines is 1. The molecule has 4 aromatic carbocycles. The Kier molecular flexibility index (Phi) is 5.15. The van der Waals surface area contributed by atoms with E-state index in [-0.39, 0.29) is 0 Å². The number of imidazole rings is 1. The van der Waals surface area contributed by atoms with Gasteiger partial charge in [0.2, 0.25) is 0 Å². The Balaban J connectivity index is 1.31. The summed E-state index contributed by atoms with van der Waals surface area (Å²) in [7, 11) is 0. The summed E-state index contributed by atoms with van der Waals surface area (Å²) >= 11 is 0. The number of hydrogen-bond acceptors (Lipinski definition) is 3. The van der Waals surface area contributed by atoms with Gasteiger partial charge in [0, 0.05) is 0 Å². The molecule has 5 aromatic rings. The number of allylic oxidation sites excluding steroid dienone is 1.